The number of benzene rings is 2. The van der Waals surface area contributed by atoms with Gasteiger partial charge in [-0.25, -0.2) is 12.8 Å². The second kappa shape index (κ2) is 7.64. The Morgan fingerprint density at radius 3 is 2.61 bits per heavy atom. The molecule has 28 heavy (non-hydrogen) atoms. The molecule has 2 aliphatic rings. The zero-order valence-electron chi connectivity index (χ0n) is 15.5. The highest BCUT2D eigenvalue weighted by Crippen LogP contribution is 2.30. The Morgan fingerprint density at radius 1 is 1.07 bits per heavy atom. The first-order chi connectivity index (χ1) is 13.5. The third kappa shape index (κ3) is 3.56. The highest BCUT2D eigenvalue weighted by Gasteiger charge is 2.31. The van der Waals surface area contributed by atoms with E-state index in [0.29, 0.717) is 13.1 Å². The average molecular weight is 402 g/mol. The molecule has 0 saturated carbocycles. The van der Waals surface area contributed by atoms with E-state index in [4.69, 9.17) is 0 Å². The first-order valence-corrected chi connectivity index (χ1v) is 11.1. The summed E-state index contributed by atoms with van der Waals surface area (Å²) in [6.07, 6.45) is 4.31. The lowest BCUT2D eigenvalue weighted by molar-refractivity contribution is 0.0932. The highest BCUT2D eigenvalue weighted by molar-refractivity contribution is 7.89. The summed E-state index contributed by atoms with van der Waals surface area (Å²) in [5.41, 5.74) is 2.46. The molecule has 1 N–H and O–H groups in total. The Hall–Kier alpha value is -2.25. The minimum absolute atomic E-state index is 0.124. The van der Waals surface area contributed by atoms with Gasteiger partial charge in [-0.2, -0.15) is 4.31 Å². The Bertz CT molecular complexity index is 1000. The zero-order valence-corrected chi connectivity index (χ0v) is 16.3. The van der Waals surface area contributed by atoms with Crippen molar-refractivity contribution >= 4 is 15.9 Å². The minimum Gasteiger partial charge on any atom is -0.345 e. The van der Waals surface area contributed by atoms with E-state index < -0.39 is 20.7 Å². The second-order valence-electron chi connectivity index (χ2n) is 7.37. The van der Waals surface area contributed by atoms with Crippen molar-refractivity contribution in [2.75, 3.05) is 13.1 Å². The molecule has 2 aromatic rings. The lowest BCUT2D eigenvalue weighted by Gasteiger charge is -2.26. The maximum absolute atomic E-state index is 14.3. The van der Waals surface area contributed by atoms with Gasteiger partial charge in [-0.15, -0.1) is 0 Å². The summed E-state index contributed by atoms with van der Waals surface area (Å²) >= 11 is 0. The number of carbonyl (C=O) groups is 1. The number of nitrogens with one attached hydrogen (secondary N) is 1. The monoisotopic (exact) mass is 402 g/mol. The quantitative estimate of drug-likeness (QED) is 0.852. The number of fused-ring (bicyclic) bond motifs is 1. The van der Waals surface area contributed by atoms with Crippen LogP contribution < -0.4 is 5.32 Å². The van der Waals surface area contributed by atoms with E-state index >= 15 is 0 Å². The fraction of sp³-hybridized carbons (Fsp3) is 0.381. The van der Waals surface area contributed by atoms with Gasteiger partial charge in [0.25, 0.3) is 5.91 Å². The molecule has 4 rings (SSSR count). The average Bonchev–Trinajstić information content (AvgIpc) is 3.24. The summed E-state index contributed by atoms with van der Waals surface area (Å²) < 4.78 is 41.1. The molecule has 1 heterocycles. The molecule has 1 aliphatic heterocycles. The molecule has 1 aliphatic carbocycles. The standard InChI is InChI=1S/C21H23FN2O3S/c22-18-11-10-16(14-20(18)28(26,27)24-12-3-4-13-24)21(25)23-19-9-5-7-15-6-1-2-8-17(15)19/h1-2,6,8,10-11,14,19H,3-5,7,9,12-13H2,(H,23,25). The normalized spacial score (nSPS) is 20.0. The largest absolute Gasteiger partial charge is 0.345 e. The molecular weight excluding hydrogens is 379 g/mol. The maximum Gasteiger partial charge on any atom is 0.251 e. The zero-order chi connectivity index (χ0) is 19.7. The number of nitrogens with zero attached hydrogens (tertiary/aromatic N) is 1. The fourth-order valence-electron chi connectivity index (χ4n) is 4.06. The molecule has 1 amide bonds. The maximum atomic E-state index is 14.3. The SMILES string of the molecule is O=C(NC1CCCc2ccccc21)c1ccc(F)c(S(=O)(=O)N2CCCC2)c1. The van der Waals surface area contributed by atoms with Gasteiger partial charge in [-0.3, -0.25) is 4.79 Å². The number of sulfonamides is 1. The number of halogens is 1. The second-order valence-corrected chi connectivity index (χ2v) is 9.28. The van der Waals surface area contributed by atoms with Gasteiger partial charge in [-0.1, -0.05) is 24.3 Å². The summed E-state index contributed by atoms with van der Waals surface area (Å²) in [5, 5.41) is 2.99. The van der Waals surface area contributed by atoms with Crippen LogP contribution in [0.4, 0.5) is 4.39 Å². The van der Waals surface area contributed by atoms with Gasteiger partial charge in [0.1, 0.15) is 10.7 Å². The predicted molar refractivity (Wildman–Crippen MR) is 104 cm³/mol. The van der Waals surface area contributed by atoms with Crippen molar-refractivity contribution in [3.63, 3.8) is 0 Å². The Labute approximate surface area is 164 Å². The number of amides is 1. The van der Waals surface area contributed by atoms with Gasteiger partial charge in [0.05, 0.1) is 6.04 Å². The number of aryl methyl sites for hydroxylation is 1. The van der Waals surface area contributed by atoms with E-state index in [1.807, 2.05) is 18.2 Å². The van der Waals surface area contributed by atoms with Gasteiger partial charge >= 0.3 is 0 Å². The molecule has 2 aromatic carbocycles. The number of hydrogen-bond acceptors (Lipinski definition) is 3. The van der Waals surface area contributed by atoms with E-state index in [9.17, 15) is 17.6 Å². The number of carbonyl (C=O) groups excluding carboxylic acids is 1. The third-order valence-electron chi connectivity index (χ3n) is 5.55. The predicted octanol–water partition coefficient (Wildman–Crippen LogP) is 3.42. The minimum atomic E-state index is -3.93. The molecule has 0 spiro atoms. The van der Waals surface area contributed by atoms with Crippen LogP contribution in [-0.4, -0.2) is 31.7 Å². The summed E-state index contributed by atoms with van der Waals surface area (Å²) in [7, 11) is -3.93. The van der Waals surface area contributed by atoms with Crippen LogP contribution >= 0.6 is 0 Å². The van der Waals surface area contributed by atoms with E-state index in [1.165, 1.54) is 15.9 Å². The van der Waals surface area contributed by atoms with Gasteiger partial charge in [0.15, 0.2) is 0 Å². The molecule has 1 saturated heterocycles. The van der Waals surface area contributed by atoms with Crippen LogP contribution in [-0.2, 0) is 16.4 Å². The smallest absolute Gasteiger partial charge is 0.251 e. The molecule has 0 bridgehead atoms. The molecular formula is C21H23FN2O3S. The Balaban J connectivity index is 1.59. The number of rotatable bonds is 4. The molecule has 1 fully saturated rings. The van der Waals surface area contributed by atoms with Crippen LogP contribution in [0.3, 0.4) is 0 Å². The van der Waals surface area contributed by atoms with E-state index in [-0.39, 0.29) is 17.5 Å². The lowest BCUT2D eigenvalue weighted by Crippen LogP contribution is -2.32. The van der Waals surface area contributed by atoms with Crippen LogP contribution in [0.2, 0.25) is 0 Å². The fourth-order valence-corrected chi connectivity index (χ4v) is 5.66. The van der Waals surface area contributed by atoms with Gasteiger partial charge in [0.2, 0.25) is 10.0 Å². The van der Waals surface area contributed by atoms with Crippen LogP contribution in [0, 0.1) is 5.82 Å². The van der Waals surface area contributed by atoms with Crippen molar-refractivity contribution in [3.8, 4) is 0 Å². The molecule has 5 nitrogen and oxygen atoms in total. The van der Waals surface area contributed by atoms with Gasteiger partial charge in [0, 0.05) is 18.7 Å². The number of hydrogen-bond donors (Lipinski definition) is 1. The van der Waals surface area contributed by atoms with Crippen molar-refractivity contribution in [2.24, 2.45) is 0 Å². The van der Waals surface area contributed by atoms with Crippen LogP contribution in [0.15, 0.2) is 47.4 Å². The lowest BCUT2D eigenvalue weighted by atomic mass is 9.87. The summed E-state index contributed by atoms with van der Waals surface area (Å²) in [6, 6.07) is 11.4. The van der Waals surface area contributed by atoms with Crippen molar-refractivity contribution in [2.45, 2.75) is 43.0 Å². The summed E-state index contributed by atoms with van der Waals surface area (Å²) in [6.45, 7) is 0.772. The van der Waals surface area contributed by atoms with Crippen LogP contribution in [0.1, 0.15) is 53.2 Å². The first-order valence-electron chi connectivity index (χ1n) is 9.65. The van der Waals surface area contributed by atoms with Crippen molar-refractivity contribution in [3.05, 3.63) is 65.0 Å². The summed E-state index contributed by atoms with van der Waals surface area (Å²) in [5.74, 6) is -1.22. The molecule has 7 heteroatoms. The molecule has 1 unspecified atom stereocenters. The highest BCUT2D eigenvalue weighted by atomic mass is 32.2. The Morgan fingerprint density at radius 2 is 1.82 bits per heavy atom. The van der Waals surface area contributed by atoms with E-state index in [0.717, 1.165) is 49.8 Å². The molecule has 1 atom stereocenters. The molecule has 0 aromatic heterocycles. The van der Waals surface area contributed by atoms with Crippen molar-refractivity contribution < 1.29 is 17.6 Å². The van der Waals surface area contributed by atoms with E-state index in [1.54, 1.807) is 0 Å². The van der Waals surface area contributed by atoms with Gasteiger partial charge in [-0.05, 0) is 61.4 Å². The van der Waals surface area contributed by atoms with E-state index in [2.05, 4.69) is 11.4 Å². The molecule has 0 radical (unpaired) electrons. The Kier molecular flexibility index (Phi) is 5.21. The first kappa shape index (κ1) is 19.1. The van der Waals surface area contributed by atoms with Crippen molar-refractivity contribution in [1.29, 1.82) is 0 Å². The topological polar surface area (TPSA) is 66.5 Å². The molecule has 148 valence electrons. The third-order valence-corrected chi connectivity index (χ3v) is 7.46. The summed E-state index contributed by atoms with van der Waals surface area (Å²) in [4.78, 5) is 12.4. The van der Waals surface area contributed by atoms with Crippen molar-refractivity contribution in [1.82, 2.24) is 9.62 Å². The van der Waals surface area contributed by atoms with Crippen LogP contribution in [0.5, 0.6) is 0 Å². The van der Waals surface area contributed by atoms with Crippen LogP contribution in [0.25, 0.3) is 0 Å². The van der Waals surface area contributed by atoms with Gasteiger partial charge < -0.3 is 5.32 Å².